The van der Waals surface area contributed by atoms with Gasteiger partial charge in [0.25, 0.3) is 0 Å². The van der Waals surface area contributed by atoms with Gasteiger partial charge in [0.15, 0.2) is 5.11 Å². The molecule has 0 saturated carbocycles. The maximum atomic E-state index is 5.68. The third-order valence-electron chi connectivity index (χ3n) is 6.58. The lowest BCUT2D eigenvalue weighted by atomic mass is 10.0. The van der Waals surface area contributed by atoms with Crippen LogP contribution < -0.4 is 20.4 Å². The lowest BCUT2D eigenvalue weighted by Gasteiger charge is -2.32. The van der Waals surface area contributed by atoms with E-state index in [0.29, 0.717) is 23.5 Å². The van der Waals surface area contributed by atoms with Crippen molar-refractivity contribution in [2.75, 3.05) is 41.4 Å². The van der Waals surface area contributed by atoms with Crippen molar-refractivity contribution in [1.29, 1.82) is 0 Å². The highest BCUT2D eigenvalue weighted by molar-refractivity contribution is 7.80. The number of rotatable bonds is 5. The number of fused-ring (bicyclic) bond motifs is 1. The number of benzene rings is 1. The molecule has 2 saturated heterocycles. The first-order valence-electron chi connectivity index (χ1n) is 11.8. The summed E-state index contributed by atoms with van der Waals surface area (Å²) in [6, 6.07) is 10.8. The van der Waals surface area contributed by atoms with Gasteiger partial charge in [-0.25, -0.2) is 0 Å². The molecule has 8 heteroatoms. The van der Waals surface area contributed by atoms with E-state index in [4.69, 9.17) is 26.9 Å². The molecule has 4 heterocycles. The summed E-state index contributed by atoms with van der Waals surface area (Å²) in [7, 11) is 0. The first-order chi connectivity index (χ1) is 15.6. The van der Waals surface area contributed by atoms with Gasteiger partial charge in [0, 0.05) is 45.4 Å². The highest BCUT2D eigenvalue weighted by Crippen LogP contribution is 2.31. The van der Waals surface area contributed by atoms with Crippen LogP contribution in [-0.2, 0) is 17.8 Å². The number of nitrogens with zero attached hydrogens (tertiary/aromatic N) is 4. The summed E-state index contributed by atoms with van der Waals surface area (Å²) in [5, 5.41) is 7.04. The molecule has 1 aromatic carbocycles. The van der Waals surface area contributed by atoms with E-state index in [1.807, 2.05) is 0 Å². The van der Waals surface area contributed by atoms with Crippen LogP contribution in [0.5, 0.6) is 0 Å². The molecule has 3 aliphatic heterocycles. The molecule has 0 bridgehead atoms. The summed E-state index contributed by atoms with van der Waals surface area (Å²) in [5.41, 5.74) is 2.73. The Morgan fingerprint density at radius 2 is 1.84 bits per heavy atom. The largest absolute Gasteiger partial charge is 0.376 e. The van der Waals surface area contributed by atoms with Crippen LogP contribution in [0.3, 0.4) is 0 Å². The second kappa shape index (κ2) is 9.58. The summed E-state index contributed by atoms with van der Waals surface area (Å²) >= 11 is 5.54. The molecule has 0 unspecified atom stereocenters. The smallest absolute Gasteiger partial charge is 0.232 e. The van der Waals surface area contributed by atoms with Crippen molar-refractivity contribution in [1.82, 2.24) is 15.3 Å². The summed E-state index contributed by atoms with van der Waals surface area (Å²) in [6.45, 7) is 7.65. The quantitative estimate of drug-likeness (QED) is 0.666. The average Bonchev–Trinajstić information content (AvgIpc) is 3.47. The highest BCUT2D eigenvalue weighted by Gasteiger charge is 2.24. The maximum absolute atomic E-state index is 5.68. The van der Waals surface area contributed by atoms with Crippen molar-refractivity contribution in [2.24, 2.45) is 5.92 Å². The fraction of sp³-hybridized carbons (Fsp3) is 0.542. The van der Waals surface area contributed by atoms with E-state index < -0.39 is 0 Å². The molecule has 2 aromatic rings. The number of thiocarbonyl (C=S) groups is 1. The second-order valence-corrected chi connectivity index (χ2v) is 9.60. The van der Waals surface area contributed by atoms with Gasteiger partial charge in [-0.2, -0.15) is 9.97 Å². The number of piperidine rings is 1. The molecule has 7 nitrogen and oxygen atoms in total. The number of ether oxygens (including phenoxy) is 1. The van der Waals surface area contributed by atoms with Crippen LogP contribution in [0.1, 0.15) is 43.7 Å². The van der Waals surface area contributed by atoms with E-state index >= 15 is 0 Å². The van der Waals surface area contributed by atoms with Crippen LogP contribution in [0.4, 0.5) is 17.6 Å². The molecule has 2 atom stereocenters. The van der Waals surface area contributed by atoms with Gasteiger partial charge in [0.05, 0.1) is 6.10 Å². The Kier molecular flexibility index (Phi) is 6.41. The zero-order chi connectivity index (χ0) is 21.9. The monoisotopic (exact) mass is 452 g/mol. The van der Waals surface area contributed by atoms with E-state index in [1.165, 1.54) is 24.0 Å². The van der Waals surface area contributed by atoms with Crippen molar-refractivity contribution in [2.45, 2.75) is 51.8 Å². The summed E-state index contributed by atoms with van der Waals surface area (Å²) in [4.78, 5) is 14.4. The number of nitrogens with one attached hydrogen (secondary N) is 2. The summed E-state index contributed by atoms with van der Waals surface area (Å²) in [5.74, 6) is 3.14. The Bertz CT molecular complexity index is 938. The normalized spacial score (nSPS) is 22.7. The highest BCUT2D eigenvalue weighted by atomic mass is 32.1. The molecule has 0 radical (unpaired) electrons. The third-order valence-corrected chi connectivity index (χ3v) is 6.83. The predicted molar refractivity (Wildman–Crippen MR) is 132 cm³/mol. The van der Waals surface area contributed by atoms with Gasteiger partial charge in [0.1, 0.15) is 11.6 Å². The Morgan fingerprint density at radius 1 is 1.09 bits per heavy atom. The van der Waals surface area contributed by atoms with Gasteiger partial charge >= 0.3 is 0 Å². The van der Waals surface area contributed by atoms with E-state index in [0.717, 1.165) is 57.3 Å². The fourth-order valence-electron chi connectivity index (χ4n) is 4.85. The molecule has 0 aliphatic carbocycles. The van der Waals surface area contributed by atoms with Crippen molar-refractivity contribution < 1.29 is 4.74 Å². The number of hydrogen-bond acceptors (Lipinski definition) is 6. The molecule has 0 amide bonds. The molecule has 5 rings (SSSR count). The average molecular weight is 453 g/mol. The molecule has 32 heavy (non-hydrogen) atoms. The summed E-state index contributed by atoms with van der Waals surface area (Å²) in [6.07, 6.45) is 4.90. The lowest BCUT2D eigenvalue weighted by molar-refractivity contribution is 0.114. The van der Waals surface area contributed by atoms with Crippen LogP contribution in [0.2, 0.25) is 0 Å². The molecular formula is C24H32N6OS. The molecule has 0 spiro atoms. The minimum Gasteiger partial charge on any atom is -0.376 e. The van der Waals surface area contributed by atoms with Gasteiger partial charge < -0.3 is 25.2 Å². The molecule has 2 N–H and O–H groups in total. The van der Waals surface area contributed by atoms with E-state index in [2.05, 4.69) is 57.7 Å². The predicted octanol–water partition coefficient (Wildman–Crippen LogP) is 3.70. The van der Waals surface area contributed by atoms with Gasteiger partial charge in [-0.3, -0.25) is 0 Å². The molecule has 1 aromatic heterocycles. The van der Waals surface area contributed by atoms with Gasteiger partial charge in [-0.1, -0.05) is 31.2 Å². The Labute approximate surface area is 195 Å². The zero-order valence-electron chi connectivity index (χ0n) is 18.7. The van der Waals surface area contributed by atoms with Crippen molar-refractivity contribution >= 4 is 34.9 Å². The van der Waals surface area contributed by atoms with Crippen LogP contribution in [0, 0.1) is 5.92 Å². The van der Waals surface area contributed by atoms with E-state index in [9.17, 15) is 0 Å². The van der Waals surface area contributed by atoms with Crippen LogP contribution in [0.25, 0.3) is 0 Å². The van der Waals surface area contributed by atoms with E-state index in [1.54, 1.807) is 0 Å². The Balaban J connectivity index is 1.35. The molecular weight excluding hydrogens is 420 g/mol. The number of aromatic nitrogens is 2. The first kappa shape index (κ1) is 21.4. The van der Waals surface area contributed by atoms with Gasteiger partial charge in [-0.05, 0) is 54.9 Å². The van der Waals surface area contributed by atoms with Gasteiger partial charge in [-0.15, -0.1) is 0 Å². The topological polar surface area (TPSA) is 65.5 Å². The van der Waals surface area contributed by atoms with Crippen molar-refractivity contribution in [3.8, 4) is 0 Å². The fourth-order valence-corrected chi connectivity index (χ4v) is 5.03. The number of anilines is 3. The van der Waals surface area contributed by atoms with E-state index in [-0.39, 0.29) is 6.10 Å². The molecule has 3 aliphatic rings. The number of hydrogen-bond donors (Lipinski definition) is 2. The molecule has 170 valence electrons. The van der Waals surface area contributed by atoms with Gasteiger partial charge in [0.2, 0.25) is 5.95 Å². The Hall–Kier alpha value is -2.45. The zero-order valence-corrected chi connectivity index (χ0v) is 19.5. The molecule has 2 fully saturated rings. The SMILES string of the molecule is C[C@@H]1CCCN(c2cc(N3Cc4ccccc4C3)nc(NC(=S)NC[C@H]3CCCO3)n2)C1. The van der Waals surface area contributed by atoms with Crippen LogP contribution in [0.15, 0.2) is 30.3 Å². The van der Waals surface area contributed by atoms with Crippen molar-refractivity contribution in [3.05, 3.63) is 41.5 Å². The summed E-state index contributed by atoms with van der Waals surface area (Å²) < 4.78 is 5.68. The first-order valence-corrected chi connectivity index (χ1v) is 12.2. The lowest BCUT2D eigenvalue weighted by Crippen LogP contribution is -2.37. The minimum absolute atomic E-state index is 0.232. The second-order valence-electron chi connectivity index (χ2n) is 9.20. The van der Waals surface area contributed by atoms with Crippen molar-refractivity contribution in [3.63, 3.8) is 0 Å². The minimum atomic E-state index is 0.232. The standard InChI is InChI=1S/C24H32N6OS/c1-17-6-4-10-29(14-17)21-12-22(30-15-18-7-2-3-8-19(18)16-30)27-23(26-21)28-24(32)25-13-20-9-5-11-31-20/h2-3,7-8,12,17,20H,4-6,9-11,13-16H2,1H3,(H2,25,26,27,28,32)/t17-,20-/m1/s1. The van der Waals surface area contributed by atoms with Crippen LogP contribution in [-0.4, -0.2) is 47.4 Å². The third kappa shape index (κ3) is 4.96. The Morgan fingerprint density at radius 3 is 2.53 bits per heavy atom. The maximum Gasteiger partial charge on any atom is 0.232 e. The van der Waals surface area contributed by atoms with Crippen LogP contribution >= 0.6 is 12.2 Å².